The molecule has 4 nitrogen and oxygen atoms in total. The minimum absolute atomic E-state index is 0.288. The Labute approximate surface area is 151 Å². The van der Waals surface area contributed by atoms with E-state index in [0.717, 1.165) is 12.8 Å². The van der Waals surface area contributed by atoms with E-state index in [1.807, 2.05) is 42.5 Å². The van der Waals surface area contributed by atoms with Gasteiger partial charge in [0.15, 0.2) is 0 Å². The Morgan fingerprint density at radius 1 is 0.800 bits per heavy atom. The van der Waals surface area contributed by atoms with E-state index in [0.29, 0.717) is 19.3 Å². The zero-order valence-corrected chi connectivity index (χ0v) is 14.9. The molecule has 0 rings (SSSR count). The van der Waals surface area contributed by atoms with Crippen molar-refractivity contribution in [2.45, 2.75) is 44.8 Å². The molecule has 0 radical (unpaired) electrons. The largest absolute Gasteiger partial charge is 0.464 e. The van der Waals surface area contributed by atoms with E-state index in [1.54, 1.807) is 30.4 Å². The molecular formula is C21H30O4. The molecule has 25 heavy (non-hydrogen) atoms. The number of aliphatic hydroxyl groups is 2. The summed E-state index contributed by atoms with van der Waals surface area (Å²) in [5, 5.41) is 19.4. The first-order chi connectivity index (χ1) is 12.2. The maximum atomic E-state index is 9.91. The van der Waals surface area contributed by atoms with Crippen LogP contribution < -0.4 is 0 Å². The summed E-state index contributed by atoms with van der Waals surface area (Å²) in [6.45, 7) is 2.76. The van der Waals surface area contributed by atoms with Crippen molar-refractivity contribution in [3.63, 3.8) is 0 Å². The second kappa shape index (κ2) is 18.2. The summed E-state index contributed by atoms with van der Waals surface area (Å²) in [7, 11) is 0. The van der Waals surface area contributed by atoms with Gasteiger partial charge >= 0.3 is 0 Å². The number of rotatable bonds is 14. The minimum atomic E-state index is -0.531. The van der Waals surface area contributed by atoms with Gasteiger partial charge in [-0.2, -0.15) is 0 Å². The van der Waals surface area contributed by atoms with Crippen LogP contribution in [0.2, 0.25) is 0 Å². The van der Waals surface area contributed by atoms with Gasteiger partial charge in [0.25, 0.3) is 6.47 Å². The van der Waals surface area contributed by atoms with Crippen LogP contribution in [-0.2, 0) is 9.53 Å². The van der Waals surface area contributed by atoms with Gasteiger partial charge in [-0.3, -0.25) is 4.79 Å². The van der Waals surface area contributed by atoms with Crippen molar-refractivity contribution >= 4 is 6.47 Å². The normalized spacial score (nSPS) is 15.5. The molecule has 0 aromatic rings. The predicted octanol–water partition coefficient (Wildman–Crippen LogP) is 3.80. The number of ether oxygens (including phenoxy) is 1. The Balaban J connectivity index is 3.87. The number of allylic oxidation sites excluding steroid dienone is 7. The molecule has 0 aromatic heterocycles. The molecule has 2 atom stereocenters. The SMILES string of the molecule is CC/C=C\C[C@H](O)/C=C/C=C/C=C/[C@@H](O)C/C=C\C/C=C\COC=O. The molecule has 0 aliphatic carbocycles. The molecular weight excluding hydrogens is 316 g/mol. The molecule has 0 aliphatic rings. The second-order valence-electron chi connectivity index (χ2n) is 5.25. The summed E-state index contributed by atoms with van der Waals surface area (Å²) < 4.78 is 4.52. The first-order valence-corrected chi connectivity index (χ1v) is 8.58. The van der Waals surface area contributed by atoms with Gasteiger partial charge in [0.05, 0.1) is 12.2 Å². The third kappa shape index (κ3) is 18.0. The Morgan fingerprint density at radius 3 is 1.92 bits per heavy atom. The van der Waals surface area contributed by atoms with E-state index < -0.39 is 12.2 Å². The highest BCUT2D eigenvalue weighted by atomic mass is 16.5. The molecule has 2 N–H and O–H groups in total. The van der Waals surface area contributed by atoms with Crippen LogP contribution in [0.15, 0.2) is 72.9 Å². The standard InChI is InChI=1S/C21H30O4/c1-2-3-9-14-20(23)16-11-6-7-12-17-21(24)15-10-5-4-8-13-18-25-19-22/h3,5-13,16-17,19-21,23-24H,2,4,14-15,18H2,1H3/b7-6+,9-3-,10-5-,13-8-,16-11+,17-12+/t20-,21-/m0/s1. The average molecular weight is 346 g/mol. The van der Waals surface area contributed by atoms with Gasteiger partial charge in [-0.15, -0.1) is 0 Å². The fourth-order valence-corrected chi connectivity index (χ4v) is 1.74. The van der Waals surface area contributed by atoms with Crippen LogP contribution in [0.4, 0.5) is 0 Å². The quantitative estimate of drug-likeness (QED) is 0.217. The third-order valence-corrected chi connectivity index (χ3v) is 3.02. The van der Waals surface area contributed by atoms with Crippen molar-refractivity contribution in [1.82, 2.24) is 0 Å². The van der Waals surface area contributed by atoms with Crippen LogP contribution in [0.25, 0.3) is 0 Å². The van der Waals surface area contributed by atoms with E-state index in [-0.39, 0.29) is 6.61 Å². The zero-order chi connectivity index (χ0) is 18.6. The average Bonchev–Trinajstić information content (AvgIpc) is 2.60. The van der Waals surface area contributed by atoms with Gasteiger partial charge < -0.3 is 14.9 Å². The van der Waals surface area contributed by atoms with E-state index in [1.165, 1.54) is 0 Å². The molecule has 0 bridgehead atoms. The smallest absolute Gasteiger partial charge is 0.293 e. The fourth-order valence-electron chi connectivity index (χ4n) is 1.74. The van der Waals surface area contributed by atoms with Gasteiger partial charge in [-0.25, -0.2) is 0 Å². The first-order valence-electron chi connectivity index (χ1n) is 8.58. The van der Waals surface area contributed by atoms with Crippen molar-refractivity contribution in [3.05, 3.63) is 72.9 Å². The topological polar surface area (TPSA) is 66.8 Å². The molecule has 0 saturated carbocycles. The predicted molar refractivity (Wildman–Crippen MR) is 103 cm³/mol. The van der Waals surface area contributed by atoms with Gasteiger partial charge in [-0.05, 0) is 25.7 Å². The Bertz CT molecular complexity index is 484. The summed E-state index contributed by atoms with van der Waals surface area (Å²) in [6.07, 6.45) is 24.0. The molecule has 0 saturated heterocycles. The summed E-state index contributed by atoms with van der Waals surface area (Å²) in [5.74, 6) is 0. The van der Waals surface area contributed by atoms with E-state index in [4.69, 9.17) is 0 Å². The number of carbonyl (C=O) groups excluding carboxylic acids is 1. The summed E-state index contributed by atoms with van der Waals surface area (Å²) in [5.41, 5.74) is 0. The van der Waals surface area contributed by atoms with E-state index in [2.05, 4.69) is 11.7 Å². The highest BCUT2D eigenvalue weighted by Gasteiger charge is 1.93. The lowest BCUT2D eigenvalue weighted by atomic mass is 10.2. The third-order valence-electron chi connectivity index (χ3n) is 3.02. The van der Waals surface area contributed by atoms with Crippen molar-refractivity contribution in [2.24, 2.45) is 0 Å². The summed E-state index contributed by atoms with van der Waals surface area (Å²) >= 11 is 0. The van der Waals surface area contributed by atoms with Crippen LogP contribution in [0.5, 0.6) is 0 Å². The molecule has 0 unspecified atom stereocenters. The Kier molecular flexibility index (Phi) is 16.6. The maximum Gasteiger partial charge on any atom is 0.293 e. The van der Waals surface area contributed by atoms with Gasteiger partial charge in [0, 0.05) is 0 Å². The highest BCUT2D eigenvalue weighted by Crippen LogP contribution is 1.99. The van der Waals surface area contributed by atoms with E-state index >= 15 is 0 Å². The van der Waals surface area contributed by atoms with Crippen LogP contribution in [-0.4, -0.2) is 35.5 Å². The Hall–Kier alpha value is -2.17. The molecule has 0 amide bonds. The van der Waals surface area contributed by atoms with Gasteiger partial charge in [-0.1, -0.05) is 79.8 Å². The summed E-state index contributed by atoms with van der Waals surface area (Å²) in [6, 6.07) is 0. The van der Waals surface area contributed by atoms with Crippen LogP contribution in [0.1, 0.15) is 32.6 Å². The number of hydrogen-bond donors (Lipinski definition) is 2. The molecule has 0 aromatic carbocycles. The molecule has 0 heterocycles. The lowest BCUT2D eigenvalue weighted by molar-refractivity contribution is -0.127. The second-order valence-corrected chi connectivity index (χ2v) is 5.25. The number of carbonyl (C=O) groups is 1. The van der Waals surface area contributed by atoms with Crippen molar-refractivity contribution in [3.8, 4) is 0 Å². The van der Waals surface area contributed by atoms with Gasteiger partial charge in [0.1, 0.15) is 6.61 Å². The zero-order valence-electron chi connectivity index (χ0n) is 14.9. The molecule has 138 valence electrons. The molecule has 0 spiro atoms. The molecule has 4 heteroatoms. The van der Waals surface area contributed by atoms with Crippen molar-refractivity contribution < 1.29 is 19.7 Å². The van der Waals surface area contributed by atoms with Crippen molar-refractivity contribution in [2.75, 3.05) is 6.61 Å². The Morgan fingerprint density at radius 2 is 1.36 bits per heavy atom. The first kappa shape index (κ1) is 22.8. The summed E-state index contributed by atoms with van der Waals surface area (Å²) in [4.78, 5) is 9.91. The fraction of sp³-hybridized carbons (Fsp3) is 0.381. The van der Waals surface area contributed by atoms with E-state index in [9.17, 15) is 15.0 Å². The van der Waals surface area contributed by atoms with Gasteiger partial charge in [0.2, 0.25) is 0 Å². The minimum Gasteiger partial charge on any atom is -0.464 e. The van der Waals surface area contributed by atoms with Crippen LogP contribution in [0.3, 0.4) is 0 Å². The number of aliphatic hydroxyl groups excluding tert-OH is 2. The lowest BCUT2D eigenvalue weighted by Gasteiger charge is -1.99. The molecule has 0 fully saturated rings. The van der Waals surface area contributed by atoms with Crippen LogP contribution in [0, 0.1) is 0 Å². The monoisotopic (exact) mass is 346 g/mol. The lowest BCUT2D eigenvalue weighted by Crippen LogP contribution is -1.98. The number of hydrogen-bond acceptors (Lipinski definition) is 4. The molecule has 0 aliphatic heterocycles. The highest BCUT2D eigenvalue weighted by molar-refractivity contribution is 5.37. The van der Waals surface area contributed by atoms with Crippen molar-refractivity contribution in [1.29, 1.82) is 0 Å². The maximum absolute atomic E-state index is 9.91. The van der Waals surface area contributed by atoms with Crippen LogP contribution >= 0.6 is 0 Å².